The second-order valence-corrected chi connectivity index (χ2v) is 8.82. The number of hydrogen-bond acceptors (Lipinski definition) is 3. The van der Waals surface area contributed by atoms with Crippen molar-refractivity contribution in [2.75, 3.05) is 6.54 Å². The molecule has 34 heavy (non-hydrogen) atoms. The van der Waals surface area contributed by atoms with Crippen LogP contribution in [0.5, 0.6) is 5.75 Å². The Morgan fingerprint density at radius 3 is 2.65 bits per heavy atom. The monoisotopic (exact) mass is 471 g/mol. The smallest absolute Gasteiger partial charge is 0.435 e. The van der Waals surface area contributed by atoms with Crippen LogP contribution in [0.15, 0.2) is 48.5 Å². The van der Waals surface area contributed by atoms with Gasteiger partial charge in [0, 0.05) is 30.3 Å². The first kappa shape index (κ1) is 23.9. The predicted octanol–water partition coefficient (Wildman–Crippen LogP) is 5.80. The van der Waals surface area contributed by atoms with Gasteiger partial charge in [-0.3, -0.25) is 9.48 Å². The number of carbonyl (C=O) groups excluding carboxylic acids is 1. The molecule has 180 valence electrons. The van der Waals surface area contributed by atoms with Gasteiger partial charge in [0.05, 0.1) is 0 Å². The lowest BCUT2D eigenvalue weighted by molar-refractivity contribution is -0.141. The van der Waals surface area contributed by atoms with E-state index in [0.29, 0.717) is 37.4 Å². The highest BCUT2D eigenvalue weighted by atomic mass is 19.4. The average molecular weight is 472 g/mol. The summed E-state index contributed by atoms with van der Waals surface area (Å²) in [7, 11) is 0. The third-order valence-corrected chi connectivity index (χ3v) is 5.84. The third-order valence-electron chi connectivity index (χ3n) is 5.84. The van der Waals surface area contributed by atoms with E-state index in [1.807, 2.05) is 32.0 Å². The zero-order valence-electron chi connectivity index (χ0n) is 19.3. The maximum absolute atomic E-state index is 13.0. The van der Waals surface area contributed by atoms with Crippen LogP contribution in [0.2, 0.25) is 0 Å². The van der Waals surface area contributed by atoms with Crippen molar-refractivity contribution < 1.29 is 22.7 Å². The van der Waals surface area contributed by atoms with E-state index in [1.54, 1.807) is 18.2 Å². The highest BCUT2D eigenvalue weighted by Crippen LogP contribution is 2.42. The molecule has 4 rings (SSSR count). The van der Waals surface area contributed by atoms with Crippen molar-refractivity contribution in [3.8, 4) is 5.75 Å². The molecular formula is C26H28F3N3O2. The van der Waals surface area contributed by atoms with Crippen LogP contribution in [0, 0.1) is 13.8 Å². The molecule has 1 N–H and O–H groups in total. The van der Waals surface area contributed by atoms with Gasteiger partial charge in [-0.15, -0.1) is 0 Å². The molecule has 5 nitrogen and oxygen atoms in total. The molecule has 1 aliphatic carbocycles. The van der Waals surface area contributed by atoms with Gasteiger partial charge in [-0.05, 0) is 68.5 Å². The van der Waals surface area contributed by atoms with Gasteiger partial charge in [-0.2, -0.15) is 18.3 Å². The molecule has 2 aromatic carbocycles. The fourth-order valence-electron chi connectivity index (χ4n) is 3.91. The van der Waals surface area contributed by atoms with Gasteiger partial charge >= 0.3 is 6.18 Å². The van der Waals surface area contributed by atoms with Crippen LogP contribution in [-0.4, -0.2) is 22.2 Å². The summed E-state index contributed by atoms with van der Waals surface area (Å²) in [6.45, 7) is 5.03. The minimum Gasteiger partial charge on any atom is -0.489 e. The van der Waals surface area contributed by atoms with Gasteiger partial charge in [0.2, 0.25) is 0 Å². The molecule has 0 bridgehead atoms. The Hall–Kier alpha value is -3.29. The quantitative estimate of drug-likeness (QED) is 0.402. The predicted molar refractivity (Wildman–Crippen MR) is 123 cm³/mol. The normalized spacial score (nSPS) is 13.7. The zero-order valence-corrected chi connectivity index (χ0v) is 19.3. The molecule has 1 saturated carbocycles. The number of halogens is 3. The molecule has 0 radical (unpaired) electrons. The molecular weight excluding hydrogens is 443 g/mol. The molecule has 1 amide bonds. The summed E-state index contributed by atoms with van der Waals surface area (Å²) in [5.41, 5.74) is 3.39. The van der Waals surface area contributed by atoms with Gasteiger partial charge in [-0.1, -0.05) is 29.8 Å². The van der Waals surface area contributed by atoms with E-state index < -0.39 is 11.9 Å². The summed E-state index contributed by atoms with van der Waals surface area (Å²) in [4.78, 5) is 12.6. The number of amides is 1. The van der Waals surface area contributed by atoms with Crippen LogP contribution in [0.1, 0.15) is 63.6 Å². The summed E-state index contributed by atoms with van der Waals surface area (Å²) in [5.74, 6) is 0.734. The number of hydrogen-bond donors (Lipinski definition) is 1. The lowest BCUT2D eigenvalue weighted by Gasteiger charge is -2.11. The van der Waals surface area contributed by atoms with Crippen molar-refractivity contribution in [3.63, 3.8) is 0 Å². The Morgan fingerprint density at radius 1 is 1.15 bits per heavy atom. The molecule has 0 unspecified atom stereocenters. The van der Waals surface area contributed by atoms with Crippen molar-refractivity contribution in [1.82, 2.24) is 15.1 Å². The first-order chi connectivity index (χ1) is 16.2. The SMILES string of the molecule is Cc1ccc(OCc2cccc(C(=O)NCCCn3nc(C(F)(F)F)cc3C3CC3)c2)c(C)c1. The fraction of sp³-hybridized carbons (Fsp3) is 0.385. The number of benzene rings is 2. The first-order valence-electron chi connectivity index (χ1n) is 11.4. The van der Waals surface area contributed by atoms with E-state index in [1.165, 1.54) is 10.2 Å². The van der Waals surface area contributed by atoms with Crippen LogP contribution in [0.25, 0.3) is 0 Å². The Kier molecular flexibility index (Phi) is 6.95. The largest absolute Gasteiger partial charge is 0.489 e. The van der Waals surface area contributed by atoms with Gasteiger partial charge < -0.3 is 10.1 Å². The number of alkyl halides is 3. The van der Waals surface area contributed by atoms with Crippen molar-refractivity contribution in [2.24, 2.45) is 0 Å². The second kappa shape index (κ2) is 9.91. The Morgan fingerprint density at radius 2 is 1.94 bits per heavy atom. The number of aromatic nitrogens is 2. The summed E-state index contributed by atoms with van der Waals surface area (Å²) >= 11 is 0. The molecule has 8 heteroatoms. The van der Waals surface area contributed by atoms with Crippen LogP contribution in [0.4, 0.5) is 13.2 Å². The lowest BCUT2D eigenvalue weighted by Crippen LogP contribution is -2.25. The third kappa shape index (κ3) is 5.98. The van der Waals surface area contributed by atoms with Crippen molar-refractivity contribution in [1.29, 1.82) is 0 Å². The van der Waals surface area contributed by atoms with Crippen LogP contribution in [0.3, 0.4) is 0 Å². The van der Waals surface area contributed by atoms with E-state index in [4.69, 9.17) is 4.74 Å². The number of nitrogens with zero attached hydrogens (tertiary/aromatic N) is 2. The zero-order chi connectivity index (χ0) is 24.3. The summed E-state index contributed by atoms with van der Waals surface area (Å²) < 4.78 is 46.4. The lowest BCUT2D eigenvalue weighted by atomic mass is 10.1. The number of rotatable bonds is 9. The van der Waals surface area contributed by atoms with E-state index in [2.05, 4.69) is 16.5 Å². The molecule has 0 saturated heterocycles. The highest BCUT2D eigenvalue weighted by Gasteiger charge is 2.37. The Balaban J connectivity index is 1.29. The van der Waals surface area contributed by atoms with E-state index in [9.17, 15) is 18.0 Å². The first-order valence-corrected chi connectivity index (χ1v) is 11.4. The maximum Gasteiger partial charge on any atom is 0.435 e. The minimum atomic E-state index is -4.45. The van der Waals surface area contributed by atoms with Crippen LogP contribution >= 0.6 is 0 Å². The van der Waals surface area contributed by atoms with E-state index >= 15 is 0 Å². The van der Waals surface area contributed by atoms with E-state index in [-0.39, 0.29) is 11.8 Å². The number of ether oxygens (including phenoxy) is 1. The van der Waals surface area contributed by atoms with Crippen molar-refractivity contribution in [2.45, 2.75) is 58.4 Å². The van der Waals surface area contributed by atoms with E-state index in [0.717, 1.165) is 35.8 Å². The topological polar surface area (TPSA) is 56.1 Å². The molecule has 1 heterocycles. The van der Waals surface area contributed by atoms with Crippen LogP contribution in [-0.2, 0) is 19.3 Å². The van der Waals surface area contributed by atoms with Gasteiger partial charge in [0.1, 0.15) is 12.4 Å². The maximum atomic E-state index is 13.0. The Labute approximate surface area is 196 Å². The molecule has 0 atom stereocenters. The number of aryl methyl sites for hydroxylation is 3. The molecule has 0 aliphatic heterocycles. The molecule has 1 aliphatic rings. The number of carbonyl (C=O) groups is 1. The van der Waals surface area contributed by atoms with Gasteiger partial charge in [0.25, 0.3) is 5.91 Å². The highest BCUT2D eigenvalue weighted by molar-refractivity contribution is 5.94. The molecule has 1 aromatic heterocycles. The standard InChI is InChI=1S/C26H28F3N3O2/c1-17-7-10-23(18(2)13-17)34-16-19-5-3-6-21(14-19)25(33)30-11-4-12-32-22(20-8-9-20)15-24(31-32)26(27,28)29/h3,5-7,10,13-15,20H,4,8-9,11-12,16H2,1-2H3,(H,30,33). The fourth-order valence-corrected chi connectivity index (χ4v) is 3.91. The Bertz CT molecular complexity index is 1170. The minimum absolute atomic E-state index is 0.159. The average Bonchev–Trinajstić information content (AvgIpc) is 3.54. The molecule has 1 fully saturated rings. The summed E-state index contributed by atoms with van der Waals surface area (Å²) in [6.07, 6.45) is -2.18. The molecule has 0 spiro atoms. The number of nitrogens with one attached hydrogen (secondary N) is 1. The summed E-state index contributed by atoms with van der Waals surface area (Å²) in [6, 6.07) is 14.4. The van der Waals surface area contributed by atoms with Crippen molar-refractivity contribution >= 4 is 5.91 Å². The van der Waals surface area contributed by atoms with Crippen LogP contribution < -0.4 is 10.1 Å². The second-order valence-electron chi connectivity index (χ2n) is 8.82. The van der Waals surface area contributed by atoms with Gasteiger partial charge in [-0.25, -0.2) is 0 Å². The summed E-state index contributed by atoms with van der Waals surface area (Å²) in [5, 5.41) is 6.59. The van der Waals surface area contributed by atoms with Crippen molar-refractivity contribution in [3.05, 3.63) is 82.2 Å². The van der Waals surface area contributed by atoms with Gasteiger partial charge in [0.15, 0.2) is 5.69 Å². The molecule has 3 aromatic rings.